The number of fused-ring (bicyclic) bond motifs is 1. The second kappa shape index (κ2) is 8.14. The summed E-state index contributed by atoms with van der Waals surface area (Å²) in [5.41, 5.74) is 3.93. The highest BCUT2D eigenvalue weighted by Crippen LogP contribution is 2.40. The molecule has 3 rings (SSSR count). The van der Waals surface area contributed by atoms with Gasteiger partial charge in [0.15, 0.2) is 6.10 Å². The number of nitrogens with one attached hydrogen (secondary N) is 1. The molecule has 0 bridgehead atoms. The van der Waals surface area contributed by atoms with Crippen LogP contribution in [-0.2, 0) is 17.6 Å². The van der Waals surface area contributed by atoms with Crippen molar-refractivity contribution < 1.29 is 9.53 Å². The number of thiophene rings is 1. The molecule has 0 spiro atoms. The molecule has 1 aromatic carbocycles. The summed E-state index contributed by atoms with van der Waals surface area (Å²) >= 11 is 1.55. The average molecular weight is 383 g/mol. The second-order valence-corrected chi connectivity index (χ2v) is 8.46. The van der Waals surface area contributed by atoms with Gasteiger partial charge in [0.05, 0.1) is 5.56 Å². The molecule has 2 atom stereocenters. The van der Waals surface area contributed by atoms with Crippen molar-refractivity contribution in [2.75, 3.05) is 5.32 Å². The molecule has 4 nitrogen and oxygen atoms in total. The molecule has 142 valence electrons. The van der Waals surface area contributed by atoms with Crippen LogP contribution < -0.4 is 10.1 Å². The maximum atomic E-state index is 12.7. The molecule has 1 aliphatic rings. The Morgan fingerprint density at radius 3 is 2.89 bits per heavy atom. The lowest BCUT2D eigenvalue weighted by atomic mass is 9.86. The van der Waals surface area contributed by atoms with Crippen LogP contribution >= 0.6 is 11.3 Å². The van der Waals surface area contributed by atoms with Gasteiger partial charge in [0.2, 0.25) is 0 Å². The number of hydrogen-bond acceptors (Lipinski definition) is 4. The first-order valence-electron chi connectivity index (χ1n) is 9.52. The third-order valence-corrected chi connectivity index (χ3v) is 6.47. The zero-order valence-corrected chi connectivity index (χ0v) is 17.2. The maximum Gasteiger partial charge on any atom is 0.265 e. The van der Waals surface area contributed by atoms with E-state index in [0.717, 1.165) is 42.4 Å². The Labute approximate surface area is 165 Å². The molecule has 1 N–H and O–H groups in total. The Balaban J connectivity index is 1.74. The third kappa shape index (κ3) is 4.17. The van der Waals surface area contributed by atoms with Crippen molar-refractivity contribution in [1.29, 1.82) is 5.26 Å². The quantitative estimate of drug-likeness (QED) is 0.777. The van der Waals surface area contributed by atoms with E-state index in [1.807, 2.05) is 32.0 Å². The smallest absolute Gasteiger partial charge is 0.265 e. The zero-order valence-electron chi connectivity index (χ0n) is 16.4. The van der Waals surface area contributed by atoms with E-state index in [-0.39, 0.29) is 5.91 Å². The highest BCUT2D eigenvalue weighted by molar-refractivity contribution is 7.16. The summed E-state index contributed by atoms with van der Waals surface area (Å²) < 4.78 is 5.85. The van der Waals surface area contributed by atoms with E-state index in [1.165, 1.54) is 4.88 Å². The van der Waals surface area contributed by atoms with E-state index < -0.39 is 6.10 Å². The van der Waals surface area contributed by atoms with Gasteiger partial charge in [-0.1, -0.05) is 31.0 Å². The number of rotatable bonds is 5. The molecular weight excluding hydrogens is 356 g/mol. The lowest BCUT2D eigenvalue weighted by Gasteiger charge is -2.20. The fourth-order valence-electron chi connectivity index (χ4n) is 3.60. The summed E-state index contributed by atoms with van der Waals surface area (Å²) in [6, 6.07) is 8.20. The summed E-state index contributed by atoms with van der Waals surface area (Å²) in [5, 5.41) is 13.2. The van der Waals surface area contributed by atoms with Crippen LogP contribution in [0.15, 0.2) is 18.2 Å². The second-order valence-electron chi connectivity index (χ2n) is 7.36. The summed E-state index contributed by atoms with van der Waals surface area (Å²) in [6.07, 6.45) is 3.57. The van der Waals surface area contributed by atoms with Crippen LogP contribution in [0.2, 0.25) is 0 Å². The topological polar surface area (TPSA) is 62.1 Å². The van der Waals surface area contributed by atoms with Gasteiger partial charge in [-0.15, -0.1) is 11.3 Å². The number of hydrogen-bond donors (Lipinski definition) is 1. The first-order valence-corrected chi connectivity index (χ1v) is 10.3. The molecule has 0 saturated carbocycles. The molecule has 0 radical (unpaired) electrons. The first-order chi connectivity index (χ1) is 12.9. The van der Waals surface area contributed by atoms with Crippen LogP contribution in [0.5, 0.6) is 5.75 Å². The predicted octanol–water partition coefficient (Wildman–Crippen LogP) is 5.16. The lowest BCUT2D eigenvalue weighted by Crippen LogP contribution is -2.30. The molecule has 0 aliphatic heterocycles. The van der Waals surface area contributed by atoms with Gasteiger partial charge in [0, 0.05) is 4.88 Å². The van der Waals surface area contributed by atoms with E-state index in [4.69, 9.17) is 4.74 Å². The minimum absolute atomic E-state index is 0.225. The summed E-state index contributed by atoms with van der Waals surface area (Å²) in [4.78, 5) is 13.9. The van der Waals surface area contributed by atoms with Gasteiger partial charge in [-0.05, 0) is 63.1 Å². The van der Waals surface area contributed by atoms with Crippen molar-refractivity contribution in [3.05, 3.63) is 45.3 Å². The number of carbonyl (C=O) groups excluding carboxylic acids is 1. The standard InChI is InChI=1S/C22H26N2O2S/c1-5-16-7-8-17-18(12-23)22(27-20(17)11-16)24-21(25)15(4)26-19-9-6-13(2)10-14(19)3/h6,9-10,15-16H,5,7-8,11H2,1-4H3,(H,24,25)/t15-,16+/m0/s1. The summed E-state index contributed by atoms with van der Waals surface area (Å²) in [5.74, 6) is 1.16. The van der Waals surface area contributed by atoms with Gasteiger partial charge in [-0.3, -0.25) is 4.79 Å². The SMILES string of the molecule is CC[C@@H]1CCc2c(sc(NC(=O)[C@H](C)Oc3ccc(C)cc3C)c2C#N)C1. The van der Waals surface area contributed by atoms with Gasteiger partial charge in [0.25, 0.3) is 5.91 Å². The van der Waals surface area contributed by atoms with Gasteiger partial charge >= 0.3 is 0 Å². The van der Waals surface area contributed by atoms with E-state index in [1.54, 1.807) is 18.3 Å². The lowest BCUT2D eigenvalue weighted by molar-refractivity contribution is -0.122. The van der Waals surface area contributed by atoms with Gasteiger partial charge in [0.1, 0.15) is 16.8 Å². The average Bonchev–Trinajstić information content (AvgIpc) is 2.99. The number of ether oxygens (including phenoxy) is 1. The molecule has 0 fully saturated rings. The molecule has 0 unspecified atom stereocenters. The van der Waals surface area contributed by atoms with Gasteiger partial charge in [-0.2, -0.15) is 5.26 Å². The monoisotopic (exact) mass is 382 g/mol. The number of anilines is 1. The molecule has 2 aromatic rings. The Morgan fingerprint density at radius 1 is 1.44 bits per heavy atom. The fraction of sp³-hybridized carbons (Fsp3) is 0.455. The van der Waals surface area contributed by atoms with Crippen LogP contribution in [0.1, 0.15) is 53.8 Å². The number of carbonyl (C=O) groups is 1. The Morgan fingerprint density at radius 2 is 2.22 bits per heavy atom. The summed E-state index contributed by atoms with van der Waals surface area (Å²) in [7, 11) is 0. The van der Waals surface area contributed by atoms with Crippen molar-refractivity contribution in [2.45, 2.75) is 59.5 Å². The minimum atomic E-state index is -0.638. The highest BCUT2D eigenvalue weighted by Gasteiger charge is 2.27. The third-order valence-electron chi connectivity index (χ3n) is 5.30. The Bertz CT molecular complexity index is 894. The normalized spacial score (nSPS) is 16.9. The Hall–Kier alpha value is -2.32. The molecule has 5 heteroatoms. The number of amides is 1. The zero-order chi connectivity index (χ0) is 19.6. The number of benzene rings is 1. The largest absolute Gasteiger partial charge is 0.481 e. The molecule has 1 amide bonds. The number of aryl methyl sites for hydroxylation is 2. The number of nitrogens with zero attached hydrogens (tertiary/aromatic N) is 1. The van der Waals surface area contributed by atoms with Crippen LogP contribution in [0, 0.1) is 31.1 Å². The molecule has 1 aromatic heterocycles. The Kier molecular flexibility index (Phi) is 5.86. The van der Waals surface area contributed by atoms with Gasteiger partial charge in [-0.25, -0.2) is 0 Å². The number of nitriles is 1. The maximum absolute atomic E-state index is 12.7. The van der Waals surface area contributed by atoms with Gasteiger partial charge < -0.3 is 10.1 Å². The predicted molar refractivity (Wildman–Crippen MR) is 109 cm³/mol. The van der Waals surface area contributed by atoms with Crippen molar-refractivity contribution >= 4 is 22.2 Å². The van der Waals surface area contributed by atoms with Crippen LogP contribution in [0.25, 0.3) is 0 Å². The van der Waals surface area contributed by atoms with Crippen LogP contribution in [0.4, 0.5) is 5.00 Å². The molecule has 27 heavy (non-hydrogen) atoms. The molecule has 1 heterocycles. The van der Waals surface area contributed by atoms with E-state index in [0.29, 0.717) is 22.2 Å². The van der Waals surface area contributed by atoms with Crippen molar-refractivity contribution in [3.8, 4) is 11.8 Å². The fourth-order valence-corrected chi connectivity index (χ4v) is 4.91. The minimum Gasteiger partial charge on any atom is -0.481 e. The molecular formula is C22H26N2O2S. The van der Waals surface area contributed by atoms with E-state index >= 15 is 0 Å². The first kappa shape index (κ1) is 19.4. The molecule has 0 saturated heterocycles. The van der Waals surface area contributed by atoms with Crippen LogP contribution in [-0.4, -0.2) is 12.0 Å². The van der Waals surface area contributed by atoms with Crippen LogP contribution in [0.3, 0.4) is 0 Å². The van der Waals surface area contributed by atoms with Crippen molar-refractivity contribution in [2.24, 2.45) is 5.92 Å². The molecule has 1 aliphatic carbocycles. The highest BCUT2D eigenvalue weighted by atomic mass is 32.1. The van der Waals surface area contributed by atoms with E-state index in [9.17, 15) is 10.1 Å². The van der Waals surface area contributed by atoms with Crippen molar-refractivity contribution in [1.82, 2.24) is 0 Å². The van der Waals surface area contributed by atoms with Crippen molar-refractivity contribution in [3.63, 3.8) is 0 Å². The van der Waals surface area contributed by atoms with E-state index in [2.05, 4.69) is 18.3 Å². The summed E-state index contributed by atoms with van der Waals surface area (Å²) in [6.45, 7) is 7.95.